The zero-order valence-electron chi connectivity index (χ0n) is 16.8. The molecule has 0 radical (unpaired) electrons. The number of carbonyl (C=O) groups excluding carboxylic acids is 3. The third kappa shape index (κ3) is 6.96. The first kappa shape index (κ1) is 23.6. The Balaban J connectivity index is 1.74. The first-order valence-corrected chi connectivity index (χ1v) is 10.3. The summed E-state index contributed by atoms with van der Waals surface area (Å²) in [6, 6.07) is 7.00. The molecule has 2 rings (SSSR count). The lowest BCUT2D eigenvalue weighted by Gasteiger charge is -2.15. The van der Waals surface area contributed by atoms with Crippen molar-refractivity contribution in [1.82, 2.24) is 21.1 Å². The molecule has 3 amide bonds. The Labute approximate surface area is 182 Å². The smallest absolute Gasteiger partial charge is 0.305 e. The topological polar surface area (TPSA) is 104 Å². The van der Waals surface area contributed by atoms with Gasteiger partial charge in [0, 0.05) is 17.4 Å². The highest BCUT2D eigenvalue weighted by atomic mass is 79.9. The average Bonchev–Trinajstić information content (AvgIpc) is 3.20. The highest BCUT2D eigenvalue weighted by molar-refractivity contribution is 9.10. The van der Waals surface area contributed by atoms with Gasteiger partial charge in [-0.2, -0.15) is 0 Å². The highest BCUT2D eigenvalue weighted by Crippen LogP contribution is 2.17. The number of rotatable bonds is 9. The molecule has 0 saturated carbocycles. The third-order valence-corrected chi connectivity index (χ3v) is 4.98. The van der Waals surface area contributed by atoms with E-state index < -0.39 is 23.5 Å². The predicted molar refractivity (Wildman–Crippen MR) is 112 cm³/mol. The van der Waals surface area contributed by atoms with E-state index in [0.29, 0.717) is 16.8 Å². The second-order valence-corrected chi connectivity index (χ2v) is 7.21. The van der Waals surface area contributed by atoms with Crippen LogP contribution >= 0.6 is 15.9 Å². The van der Waals surface area contributed by atoms with Crippen molar-refractivity contribution in [2.75, 3.05) is 19.6 Å². The van der Waals surface area contributed by atoms with Gasteiger partial charge in [-0.25, -0.2) is 4.39 Å². The zero-order valence-corrected chi connectivity index (χ0v) is 18.3. The molecule has 0 spiro atoms. The van der Waals surface area contributed by atoms with E-state index in [1.165, 1.54) is 18.2 Å². The largest absolute Gasteiger partial charge is 0.454 e. The van der Waals surface area contributed by atoms with Crippen LogP contribution in [0.1, 0.15) is 46.9 Å². The minimum atomic E-state index is -0.582. The van der Waals surface area contributed by atoms with E-state index in [2.05, 4.69) is 37.0 Å². The second-order valence-electron chi connectivity index (χ2n) is 6.36. The highest BCUT2D eigenvalue weighted by Gasteiger charge is 2.14. The first-order chi connectivity index (χ1) is 14.3. The number of furan rings is 1. The maximum absolute atomic E-state index is 13.3. The molecule has 0 atom stereocenters. The van der Waals surface area contributed by atoms with Gasteiger partial charge in [0.15, 0.2) is 5.76 Å². The summed E-state index contributed by atoms with van der Waals surface area (Å²) in [5.41, 5.74) is 4.65. The van der Waals surface area contributed by atoms with Crippen molar-refractivity contribution in [1.29, 1.82) is 0 Å². The Kier molecular flexibility index (Phi) is 9.00. The van der Waals surface area contributed by atoms with E-state index in [0.717, 1.165) is 19.2 Å². The van der Waals surface area contributed by atoms with Crippen LogP contribution in [0.15, 0.2) is 39.2 Å². The summed E-state index contributed by atoms with van der Waals surface area (Å²) in [7, 11) is 0. The second kappa shape index (κ2) is 11.5. The van der Waals surface area contributed by atoms with Crippen LogP contribution in [0.2, 0.25) is 0 Å². The van der Waals surface area contributed by atoms with Crippen molar-refractivity contribution in [2.24, 2.45) is 0 Å². The molecule has 2 aromatic rings. The molecule has 0 fully saturated rings. The van der Waals surface area contributed by atoms with Crippen LogP contribution in [0.4, 0.5) is 4.39 Å². The molecule has 0 saturated heterocycles. The van der Waals surface area contributed by atoms with Crippen LogP contribution in [0, 0.1) is 5.82 Å². The molecular formula is C20H24BrFN4O4. The number of nitrogens with one attached hydrogen (secondary N) is 3. The lowest BCUT2D eigenvalue weighted by Crippen LogP contribution is -2.42. The van der Waals surface area contributed by atoms with Gasteiger partial charge >= 0.3 is 5.91 Å². The Morgan fingerprint density at radius 3 is 2.50 bits per heavy atom. The average molecular weight is 483 g/mol. The molecule has 30 heavy (non-hydrogen) atoms. The molecule has 0 aliphatic rings. The van der Waals surface area contributed by atoms with E-state index in [1.807, 2.05) is 13.8 Å². The number of halogens is 2. The summed E-state index contributed by atoms with van der Waals surface area (Å²) in [6.45, 7) is 6.40. The lowest BCUT2D eigenvalue weighted by atomic mass is 10.2. The number of benzene rings is 1. The number of amides is 3. The van der Waals surface area contributed by atoms with Gasteiger partial charge in [-0.3, -0.25) is 30.1 Å². The van der Waals surface area contributed by atoms with Crippen molar-refractivity contribution < 1.29 is 23.2 Å². The van der Waals surface area contributed by atoms with E-state index in [4.69, 9.17) is 4.42 Å². The van der Waals surface area contributed by atoms with E-state index >= 15 is 0 Å². The fraction of sp³-hybridized carbons (Fsp3) is 0.350. The Morgan fingerprint density at radius 2 is 1.80 bits per heavy atom. The summed E-state index contributed by atoms with van der Waals surface area (Å²) >= 11 is 3.17. The minimum Gasteiger partial charge on any atom is -0.454 e. The normalized spacial score (nSPS) is 10.7. The van der Waals surface area contributed by atoms with Gasteiger partial charge in [0.05, 0.1) is 12.1 Å². The Bertz CT molecular complexity index is 899. The van der Waals surface area contributed by atoms with Gasteiger partial charge in [0.1, 0.15) is 11.6 Å². The van der Waals surface area contributed by atoms with Crippen LogP contribution in [0.3, 0.4) is 0 Å². The standard InChI is InChI=1S/C20H24BrFN4O4/c1-3-26(4-2)12-14-6-8-17(30-14)20(29)25-24-18(27)9-10-23-19(28)15-11-13(22)5-7-16(15)21/h5-8,11H,3-4,9-10,12H2,1-2H3,(H,23,28)(H,24,27)(H,25,29). The van der Waals surface area contributed by atoms with Crippen LogP contribution in [0.5, 0.6) is 0 Å². The maximum atomic E-state index is 13.3. The number of nitrogens with zero attached hydrogens (tertiary/aromatic N) is 1. The molecule has 8 nitrogen and oxygen atoms in total. The van der Waals surface area contributed by atoms with Crippen molar-refractivity contribution in [3.05, 3.63) is 57.7 Å². The van der Waals surface area contributed by atoms with Gasteiger partial charge in [0.25, 0.3) is 5.91 Å². The Hall–Kier alpha value is -2.72. The molecule has 1 aromatic heterocycles. The van der Waals surface area contributed by atoms with Crippen molar-refractivity contribution in [2.45, 2.75) is 26.8 Å². The van der Waals surface area contributed by atoms with Crippen molar-refractivity contribution in [3.8, 4) is 0 Å². The van der Waals surface area contributed by atoms with Crippen LogP contribution in [-0.4, -0.2) is 42.3 Å². The summed E-state index contributed by atoms with van der Waals surface area (Å²) in [5.74, 6) is -1.40. The Morgan fingerprint density at radius 1 is 1.07 bits per heavy atom. The van der Waals surface area contributed by atoms with Crippen LogP contribution in [0.25, 0.3) is 0 Å². The van der Waals surface area contributed by atoms with Gasteiger partial charge in [-0.15, -0.1) is 0 Å². The van der Waals surface area contributed by atoms with E-state index in [1.54, 1.807) is 6.07 Å². The van der Waals surface area contributed by atoms with Crippen molar-refractivity contribution >= 4 is 33.7 Å². The number of hydrogen-bond acceptors (Lipinski definition) is 5. The summed E-state index contributed by atoms with van der Waals surface area (Å²) in [6.07, 6.45) is -0.0790. The lowest BCUT2D eigenvalue weighted by molar-refractivity contribution is -0.121. The predicted octanol–water partition coefficient (Wildman–Crippen LogP) is 2.60. The first-order valence-electron chi connectivity index (χ1n) is 9.47. The molecule has 0 aliphatic carbocycles. The minimum absolute atomic E-state index is 0.0122. The monoisotopic (exact) mass is 482 g/mol. The summed E-state index contributed by atoms with van der Waals surface area (Å²) < 4.78 is 19.2. The quantitative estimate of drug-likeness (QED) is 0.476. The number of hydrogen-bond donors (Lipinski definition) is 3. The summed E-state index contributed by atoms with van der Waals surface area (Å²) in [4.78, 5) is 38.1. The third-order valence-electron chi connectivity index (χ3n) is 4.29. The van der Waals surface area contributed by atoms with Crippen LogP contribution < -0.4 is 16.2 Å². The van der Waals surface area contributed by atoms with Gasteiger partial charge in [0.2, 0.25) is 5.91 Å². The molecule has 0 bridgehead atoms. The number of carbonyl (C=O) groups is 3. The fourth-order valence-electron chi connectivity index (χ4n) is 2.56. The van der Waals surface area contributed by atoms with E-state index in [-0.39, 0.29) is 24.3 Å². The zero-order chi connectivity index (χ0) is 22.1. The molecule has 1 aromatic carbocycles. The molecule has 162 valence electrons. The molecule has 0 aliphatic heterocycles. The molecular weight excluding hydrogens is 459 g/mol. The van der Waals surface area contributed by atoms with Crippen LogP contribution in [-0.2, 0) is 11.3 Å². The maximum Gasteiger partial charge on any atom is 0.305 e. The molecule has 1 heterocycles. The van der Waals surface area contributed by atoms with Crippen molar-refractivity contribution in [3.63, 3.8) is 0 Å². The molecule has 3 N–H and O–H groups in total. The SMILES string of the molecule is CCN(CC)Cc1ccc(C(=O)NNC(=O)CCNC(=O)c2cc(F)ccc2Br)o1. The van der Waals surface area contributed by atoms with E-state index in [9.17, 15) is 18.8 Å². The van der Waals surface area contributed by atoms with Gasteiger partial charge in [-0.1, -0.05) is 13.8 Å². The molecule has 0 unspecified atom stereocenters. The fourth-order valence-corrected chi connectivity index (χ4v) is 2.99. The number of hydrazine groups is 1. The van der Waals surface area contributed by atoms with Gasteiger partial charge < -0.3 is 9.73 Å². The van der Waals surface area contributed by atoms with Gasteiger partial charge in [-0.05, 0) is 59.4 Å². The molecule has 10 heteroatoms. The summed E-state index contributed by atoms with van der Waals surface area (Å²) in [5, 5.41) is 2.52.